The monoisotopic (exact) mass is 305 g/mol. The second-order valence-electron chi connectivity index (χ2n) is 4.18. The van der Waals surface area contributed by atoms with Crippen LogP contribution >= 0.6 is 11.8 Å². The molecule has 0 aliphatic carbocycles. The highest BCUT2D eigenvalue weighted by molar-refractivity contribution is 8.01. The molecule has 21 heavy (non-hydrogen) atoms. The number of hydrogen-bond donors (Lipinski definition) is 0. The van der Waals surface area contributed by atoms with E-state index in [1.807, 2.05) is 30.3 Å². The molecule has 1 atom stereocenters. The number of nitrogens with zero attached hydrogens (tertiary/aromatic N) is 3. The molecule has 0 aliphatic rings. The Kier molecular flexibility index (Phi) is 5.10. The number of para-hydroxylation sites is 1. The number of carbonyl (C=O) groups is 2. The van der Waals surface area contributed by atoms with Crippen molar-refractivity contribution < 1.29 is 14.3 Å². The molecular weight excluding hydrogens is 290 g/mol. The van der Waals surface area contributed by atoms with E-state index in [9.17, 15) is 9.59 Å². The summed E-state index contributed by atoms with van der Waals surface area (Å²) in [6.45, 7) is 3.29. The van der Waals surface area contributed by atoms with Crippen LogP contribution in [-0.4, -0.2) is 38.4 Å². The van der Waals surface area contributed by atoms with Crippen molar-refractivity contribution in [2.75, 3.05) is 6.61 Å². The van der Waals surface area contributed by atoms with Crippen LogP contribution in [0.3, 0.4) is 0 Å². The number of ether oxygens (including phenoxy) is 1. The first kappa shape index (κ1) is 15.2. The van der Waals surface area contributed by atoms with Gasteiger partial charge in [0.05, 0.1) is 6.61 Å². The van der Waals surface area contributed by atoms with Crippen LogP contribution in [0.1, 0.15) is 13.8 Å². The molecule has 0 aliphatic heterocycles. The Balaban J connectivity index is 2.25. The third-order valence-corrected chi connectivity index (χ3v) is 3.89. The van der Waals surface area contributed by atoms with Gasteiger partial charge in [-0.2, -0.15) is 0 Å². The molecule has 1 heterocycles. The highest BCUT2D eigenvalue weighted by atomic mass is 32.2. The fourth-order valence-electron chi connectivity index (χ4n) is 1.69. The van der Waals surface area contributed by atoms with Crippen LogP contribution in [0.2, 0.25) is 0 Å². The van der Waals surface area contributed by atoms with Gasteiger partial charge < -0.3 is 4.74 Å². The predicted molar refractivity (Wildman–Crippen MR) is 78.3 cm³/mol. The third-order valence-electron chi connectivity index (χ3n) is 2.64. The SMILES string of the molecule is CCOC(=O)C(Sc1nncn1-c1ccccc1)C(C)=O. The zero-order chi connectivity index (χ0) is 15.2. The van der Waals surface area contributed by atoms with Gasteiger partial charge in [0.15, 0.2) is 16.2 Å². The Morgan fingerprint density at radius 3 is 2.67 bits per heavy atom. The maximum Gasteiger partial charge on any atom is 0.327 e. The number of carbonyl (C=O) groups excluding carboxylic acids is 2. The Labute approximate surface area is 126 Å². The van der Waals surface area contributed by atoms with Gasteiger partial charge in [-0.3, -0.25) is 14.2 Å². The first-order valence-electron chi connectivity index (χ1n) is 6.42. The number of esters is 1. The second-order valence-corrected chi connectivity index (χ2v) is 5.25. The fraction of sp³-hybridized carbons (Fsp3) is 0.286. The lowest BCUT2D eigenvalue weighted by atomic mass is 10.3. The first-order valence-corrected chi connectivity index (χ1v) is 7.30. The summed E-state index contributed by atoms with van der Waals surface area (Å²) in [5, 5.41) is 7.35. The Morgan fingerprint density at radius 1 is 1.33 bits per heavy atom. The van der Waals surface area contributed by atoms with Crippen molar-refractivity contribution in [2.24, 2.45) is 0 Å². The van der Waals surface area contributed by atoms with E-state index < -0.39 is 11.2 Å². The van der Waals surface area contributed by atoms with Gasteiger partial charge in [-0.15, -0.1) is 10.2 Å². The molecule has 2 aromatic rings. The van der Waals surface area contributed by atoms with Crippen molar-refractivity contribution in [3.05, 3.63) is 36.7 Å². The number of ketones is 1. The summed E-state index contributed by atoms with van der Waals surface area (Å²) in [6, 6.07) is 9.45. The summed E-state index contributed by atoms with van der Waals surface area (Å²) in [5.74, 6) is -0.835. The van der Waals surface area contributed by atoms with E-state index in [1.165, 1.54) is 6.92 Å². The van der Waals surface area contributed by atoms with Crippen LogP contribution in [-0.2, 0) is 14.3 Å². The summed E-state index contributed by atoms with van der Waals surface area (Å²) in [5.41, 5.74) is 0.858. The smallest absolute Gasteiger partial charge is 0.327 e. The topological polar surface area (TPSA) is 74.1 Å². The van der Waals surface area contributed by atoms with E-state index in [2.05, 4.69) is 10.2 Å². The Morgan fingerprint density at radius 2 is 2.05 bits per heavy atom. The van der Waals surface area contributed by atoms with E-state index in [0.717, 1.165) is 17.4 Å². The van der Waals surface area contributed by atoms with Gasteiger partial charge in [0.25, 0.3) is 0 Å². The van der Waals surface area contributed by atoms with Crippen LogP contribution in [0.5, 0.6) is 0 Å². The molecule has 110 valence electrons. The Bertz CT molecular complexity index is 627. The molecule has 0 saturated carbocycles. The van der Waals surface area contributed by atoms with Crippen LogP contribution in [0.4, 0.5) is 0 Å². The van der Waals surface area contributed by atoms with Gasteiger partial charge in [0, 0.05) is 5.69 Å². The molecule has 7 heteroatoms. The van der Waals surface area contributed by atoms with Crippen molar-refractivity contribution in [2.45, 2.75) is 24.3 Å². The molecule has 1 unspecified atom stereocenters. The minimum absolute atomic E-state index is 0.231. The van der Waals surface area contributed by atoms with E-state index in [4.69, 9.17) is 4.74 Å². The number of benzene rings is 1. The summed E-state index contributed by atoms with van der Waals surface area (Å²) in [7, 11) is 0. The van der Waals surface area contributed by atoms with E-state index in [0.29, 0.717) is 5.16 Å². The molecule has 1 aromatic heterocycles. The lowest BCUT2D eigenvalue weighted by Gasteiger charge is -2.12. The normalized spacial score (nSPS) is 11.9. The average Bonchev–Trinajstić information content (AvgIpc) is 2.93. The van der Waals surface area contributed by atoms with Gasteiger partial charge in [0.1, 0.15) is 6.33 Å². The van der Waals surface area contributed by atoms with Crippen LogP contribution in [0.25, 0.3) is 5.69 Å². The molecule has 0 saturated heterocycles. The van der Waals surface area contributed by atoms with Crippen molar-refractivity contribution in [3.63, 3.8) is 0 Å². The van der Waals surface area contributed by atoms with Crippen molar-refractivity contribution in [3.8, 4) is 5.69 Å². The quantitative estimate of drug-likeness (QED) is 0.461. The summed E-state index contributed by atoms with van der Waals surface area (Å²) in [6.07, 6.45) is 1.54. The van der Waals surface area contributed by atoms with Gasteiger partial charge in [-0.1, -0.05) is 30.0 Å². The molecule has 0 spiro atoms. The lowest BCUT2D eigenvalue weighted by Crippen LogP contribution is -2.27. The van der Waals surface area contributed by atoms with Gasteiger partial charge in [0.2, 0.25) is 0 Å². The molecule has 1 aromatic carbocycles. The van der Waals surface area contributed by atoms with Crippen molar-refractivity contribution >= 4 is 23.5 Å². The van der Waals surface area contributed by atoms with Crippen LogP contribution < -0.4 is 0 Å². The second kappa shape index (κ2) is 7.03. The molecule has 6 nitrogen and oxygen atoms in total. The largest absolute Gasteiger partial charge is 0.465 e. The summed E-state index contributed by atoms with van der Waals surface area (Å²) < 4.78 is 6.64. The van der Waals surface area contributed by atoms with Gasteiger partial charge in [-0.05, 0) is 26.0 Å². The minimum atomic E-state index is -0.934. The van der Waals surface area contributed by atoms with Crippen molar-refractivity contribution in [1.82, 2.24) is 14.8 Å². The minimum Gasteiger partial charge on any atom is -0.465 e. The number of aromatic nitrogens is 3. The number of Topliss-reactive ketones (excluding diaryl/α,β-unsaturated/α-hetero) is 1. The zero-order valence-corrected chi connectivity index (χ0v) is 12.5. The maximum absolute atomic E-state index is 11.8. The molecule has 0 bridgehead atoms. The zero-order valence-electron chi connectivity index (χ0n) is 11.7. The number of rotatable bonds is 6. The molecule has 0 N–H and O–H groups in total. The fourth-order valence-corrected chi connectivity index (χ4v) is 2.59. The molecule has 0 fully saturated rings. The molecule has 0 radical (unpaired) electrons. The standard InChI is InChI=1S/C14H15N3O3S/c1-3-20-13(19)12(10(2)18)21-14-16-15-9-17(14)11-7-5-4-6-8-11/h4-9,12H,3H2,1-2H3. The first-order chi connectivity index (χ1) is 10.1. The van der Waals surface area contributed by atoms with Gasteiger partial charge in [-0.25, -0.2) is 0 Å². The molecule has 0 amide bonds. The number of hydrogen-bond acceptors (Lipinski definition) is 6. The van der Waals surface area contributed by atoms with E-state index in [-0.39, 0.29) is 12.4 Å². The van der Waals surface area contributed by atoms with Crippen LogP contribution in [0.15, 0.2) is 41.8 Å². The average molecular weight is 305 g/mol. The molecule has 2 rings (SSSR count). The number of thioether (sulfide) groups is 1. The Hall–Kier alpha value is -2.15. The predicted octanol–water partition coefficient (Wildman–Crippen LogP) is 1.88. The molecular formula is C14H15N3O3S. The van der Waals surface area contributed by atoms with E-state index in [1.54, 1.807) is 17.8 Å². The third kappa shape index (κ3) is 3.69. The summed E-state index contributed by atoms with van der Waals surface area (Å²) >= 11 is 1.04. The lowest BCUT2D eigenvalue weighted by molar-refractivity contribution is -0.144. The summed E-state index contributed by atoms with van der Waals surface area (Å²) in [4.78, 5) is 23.5. The highest BCUT2D eigenvalue weighted by Gasteiger charge is 2.28. The van der Waals surface area contributed by atoms with Crippen LogP contribution in [0, 0.1) is 0 Å². The van der Waals surface area contributed by atoms with E-state index >= 15 is 0 Å². The van der Waals surface area contributed by atoms with Crippen molar-refractivity contribution in [1.29, 1.82) is 0 Å². The van der Waals surface area contributed by atoms with Gasteiger partial charge >= 0.3 is 5.97 Å². The highest BCUT2D eigenvalue weighted by Crippen LogP contribution is 2.25. The maximum atomic E-state index is 11.8.